The van der Waals surface area contributed by atoms with Crippen molar-refractivity contribution in [3.8, 4) is 0 Å². The van der Waals surface area contributed by atoms with E-state index in [1.54, 1.807) is 6.08 Å². The summed E-state index contributed by atoms with van der Waals surface area (Å²) in [5.41, 5.74) is -0.346. The topological polar surface area (TPSA) is 69.7 Å². The van der Waals surface area contributed by atoms with Crippen molar-refractivity contribution < 1.29 is 27.9 Å². The van der Waals surface area contributed by atoms with E-state index in [0.29, 0.717) is 18.4 Å². The Hall–Kier alpha value is -1.60. The molecule has 0 radical (unpaired) electrons. The van der Waals surface area contributed by atoms with Crippen molar-refractivity contribution in [2.75, 3.05) is 6.61 Å². The Morgan fingerprint density at radius 3 is 2.50 bits per heavy atom. The Bertz CT molecular complexity index is 951. The minimum atomic E-state index is -1.97. The zero-order chi connectivity index (χ0) is 25.2. The molecule has 0 bridgehead atoms. The van der Waals surface area contributed by atoms with Crippen LogP contribution in [-0.4, -0.2) is 44.7 Å². The second-order valence-corrected chi connectivity index (χ2v) is 17.0. The van der Waals surface area contributed by atoms with Gasteiger partial charge in [0.15, 0.2) is 19.9 Å². The largest absolute Gasteiger partial charge is 0.458 e. The first kappa shape index (κ1) is 25.5. The number of carbonyl (C=O) groups is 3. The van der Waals surface area contributed by atoms with Crippen LogP contribution in [-0.2, 0) is 23.5 Å². The van der Waals surface area contributed by atoms with Gasteiger partial charge in [-0.3, -0.25) is 14.4 Å². The molecule has 4 rings (SSSR count). The number of halogens is 1. The van der Waals surface area contributed by atoms with Crippen molar-refractivity contribution in [2.45, 2.75) is 78.9 Å². The number of rotatable bonds is 5. The molecule has 5 nitrogen and oxygen atoms in total. The highest BCUT2D eigenvalue weighted by atomic mass is 28.4. The van der Waals surface area contributed by atoms with Gasteiger partial charge in [0.2, 0.25) is 0 Å². The Kier molecular flexibility index (Phi) is 6.38. The zero-order valence-corrected chi connectivity index (χ0v) is 22.5. The van der Waals surface area contributed by atoms with Gasteiger partial charge in [-0.1, -0.05) is 26.8 Å². The third-order valence-corrected chi connectivity index (χ3v) is 10.1. The predicted octanol–water partition coefficient (Wildman–Crippen LogP) is 5.07. The van der Waals surface area contributed by atoms with Gasteiger partial charge in [0.25, 0.3) is 0 Å². The number of fused-ring (bicyclic) bond motifs is 5. The van der Waals surface area contributed by atoms with Crippen LogP contribution in [0.3, 0.4) is 0 Å². The van der Waals surface area contributed by atoms with Crippen LogP contribution < -0.4 is 0 Å². The number of esters is 1. The Morgan fingerprint density at radius 1 is 1.21 bits per heavy atom. The molecule has 0 saturated heterocycles. The van der Waals surface area contributed by atoms with Crippen LogP contribution >= 0.6 is 0 Å². The van der Waals surface area contributed by atoms with Gasteiger partial charge >= 0.3 is 5.97 Å². The molecule has 9 atom stereocenters. The van der Waals surface area contributed by atoms with Gasteiger partial charge in [-0.05, 0) is 85.7 Å². The van der Waals surface area contributed by atoms with Crippen LogP contribution in [0, 0.1) is 40.4 Å². The highest BCUT2D eigenvalue weighted by molar-refractivity contribution is 6.69. The van der Waals surface area contributed by atoms with E-state index in [1.165, 1.54) is 13.0 Å². The molecule has 0 amide bonds. The minimum absolute atomic E-state index is 0.0412. The molecule has 0 unspecified atom stereocenters. The van der Waals surface area contributed by atoms with Crippen LogP contribution in [0.15, 0.2) is 23.8 Å². The van der Waals surface area contributed by atoms with E-state index in [2.05, 4.69) is 40.4 Å². The molecule has 0 aromatic rings. The molecular weight excluding hydrogens is 451 g/mol. The van der Waals surface area contributed by atoms with E-state index in [-0.39, 0.29) is 59.3 Å². The fraction of sp³-hybridized carbons (Fsp3) is 0.741. The van der Waals surface area contributed by atoms with Crippen molar-refractivity contribution in [2.24, 2.45) is 40.4 Å². The molecule has 0 N–H and O–H groups in total. The molecule has 7 heteroatoms. The summed E-state index contributed by atoms with van der Waals surface area (Å²) in [5, 5.41) is 0. The molecule has 188 valence electrons. The summed E-state index contributed by atoms with van der Waals surface area (Å²) >= 11 is 0. The number of Topliss-reactive ketones (excluding diaryl/α,β-unsaturated/α-hetero) is 1. The lowest BCUT2D eigenvalue weighted by Crippen LogP contribution is -2.60. The molecule has 4 aliphatic rings. The fourth-order valence-electron chi connectivity index (χ4n) is 8.18. The average molecular weight is 491 g/mol. The maximum Gasteiger partial charge on any atom is 0.303 e. The number of hydrogen-bond acceptors (Lipinski definition) is 5. The minimum Gasteiger partial charge on any atom is -0.458 e. The van der Waals surface area contributed by atoms with E-state index in [4.69, 9.17) is 9.16 Å². The van der Waals surface area contributed by atoms with Crippen molar-refractivity contribution in [3.63, 3.8) is 0 Å². The molecule has 3 saturated carbocycles. The van der Waals surface area contributed by atoms with Gasteiger partial charge in [-0.2, -0.15) is 0 Å². The maximum absolute atomic E-state index is 15.7. The smallest absolute Gasteiger partial charge is 0.303 e. The zero-order valence-electron chi connectivity index (χ0n) is 21.5. The van der Waals surface area contributed by atoms with Gasteiger partial charge in [0.05, 0.1) is 0 Å². The molecule has 0 heterocycles. The summed E-state index contributed by atoms with van der Waals surface area (Å²) in [6.45, 7) is 13.9. The van der Waals surface area contributed by atoms with Gasteiger partial charge in [0.1, 0.15) is 12.8 Å². The van der Waals surface area contributed by atoms with Crippen LogP contribution in [0.2, 0.25) is 19.6 Å². The van der Waals surface area contributed by atoms with Gasteiger partial charge < -0.3 is 9.16 Å². The van der Waals surface area contributed by atoms with Gasteiger partial charge in [-0.15, -0.1) is 0 Å². The quantitative estimate of drug-likeness (QED) is 0.398. The summed E-state index contributed by atoms with van der Waals surface area (Å²) in [4.78, 5) is 36.8. The molecular formula is C27H39FO5Si. The monoisotopic (exact) mass is 490 g/mol. The normalized spacial score (nSPS) is 43.5. The molecule has 0 aromatic heterocycles. The third-order valence-electron chi connectivity index (χ3n) is 9.06. The fourth-order valence-corrected chi connectivity index (χ4v) is 9.32. The standard InChI is InChI=1S/C27H39FO5Si/c1-15-10-19-18-12-21(28)20-11-17(30)8-9-26(20,3)25(18)23(33-34(5,6)7)13-27(19,4)24(15)22(31)14-32-16(2)29/h8-9,11,15,18-19,21,23-25H,10,12-14H2,1-7H3/t15-,18+,19+,21+,23+,24-,25-,26+,27+/m1/s1. The van der Waals surface area contributed by atoms with E-state index < -0.39 is 25.9 Å². The summed E-state index contributed by atoms with van der Waals surface area (Å²) < 4.78 is 27.6. The first-order valence-electron chi connectivity index (χ1n) is 12.6. The lowest BCUT2D eigenvalue weighted by atomic mass is 9.46. The van der Waals surface area contributed by atoms with E-state index >= 15 is 4.39 Å². The Morgan fingerprint density at radius 2 is 1.88 bits per heavy atom. The van der Waals surface area contributed by atoms with Gasteiger partial charge in [-0.25, -0.2) is 4.39 Å². The SMILES string of the molecule is CC(=O)OCC(=O)[C@H]1[C@H](C)C[C@H]2[C@@H]3C[C@H](F)C4=CC(=O)C=C[C@]4(C)[C@H]3[C@@H](O[Si](C)(C)C)C[C@@]21C. The number of alkyl halides is 1. The highest BCUT2D eigenvalue weighted by Gasteiger charge is 2.66. The number of ether oxygens (including phenoxy) is 1. The van der Waals surface area contributed by atoms with Crippen LogP contribution in [0.4, 0.5) is 4.39 Å². The molecule has 4 aliphatic carbocycles. The second kappa shape index (κ2) is 8.51. The third kappa shape index (κ3) is 4.17. The van der Waals surface area contributed by atoms with Crippen LogP contribution in [0.25, 0.3) is 0 Å². The Labute approximate surface area is 203 Å². The Balaban J connectivity index is 1.77. The second-order valence-electron chi connectivity index (χ2n) is 12.5. The predicted molar refractivity (Wildman–Crippen MR) is 130 cm³/mol. The van der Waals surface area contributed by atoms with E-state index in [9.17, 15) is 14.4 Å². The molecule has 3 fully saturated rings. The maximum atomic E-state index is 15.7. The van der Waals surface area contributed by atoms with Crippen molar-refractivity contribution in [1.29, 1.82) is 0 Å². The summed E-state index contributed by atoms with van der Waals surface area (Å²) in [7, 11) is -1.97. The first-order chi connectivity index (χ1) is 15.7. The first-order valence-corrected chi connectivity index (χ1v) is 16.0. The highest BCUT2D eigenvalue weighted by Crippen LogP contribution is 2.68. The summed E-state index contributed by atoms with van der Waals surface area (Å²) in [6.07, 6.45) is 5.61. The average Bonchev–Trinajstić information content (AvgIpc) is 2.96. The summed E-state index contributed by atoms with van der Waals surface area (Å²) in [5.74, 6) is -0.514. The van der Waals surface area contributed by atoms with E-state index in [1.807, 2.05) is 6.08 Å². The van der Waals surface area contributed by atoms with Crippen molar-refractivity contribution >= 4 is 25.9 Å². The summed E-state index contributed by atoms with van der Waals surface area (Å²) in [6, 6.07) is 0. The lowest BCUT2D eigenvalue weighted by Gasteiger charge is -2.60. The molecule has 0 spiro atoms. The number of allylic oxidation sites excluding steroid dienone is 4. The molecule has 0 aromatic carbocycles. The van der Waals surface area contributed by atoms with Crippen molar-refractivity contribution in [1.82, 2.24) is 0 Å². The van der Waals surface area contributed by atoms with Crippen molar-refractivity contribution in [3.05, 3.63) is 23.8 Å². The van der Waals surface area contributed by atoms with Gasteiger partial charge in [0, 0.05) is 24.4 Å². The molecule has 0 aliphatic heterocycles. The number of hydrogen-bond donors (Lipinski definition) is 0. The van der Waals surface area contributed by atoms with Crippen LogP contribution in [0.5, 0.6) is 0 Å². The van der Waals surface area contributed by atoms with Crippen LogP contribution in [0.1, 0.15) is 47.0 Å². The molecule has 34 heavy (non-hydrogen) atoms. The lowest BCUT2D eigenvalue weighted by molar-refractivity contribution is -0.152. The van der Waals surface area contributed by atoms with E-state index in [0.717, 1.165) is 6.42 Å². The number of ketones is 2. The number of carbonyl (C=O) groups excluding carboxylic acids is 3.